The molecule has 1 aliphatic heterocycles. The van der Waals surface area contributed by atoms with Crippen LogP contribution in [0, 0.1) is 0 Å². The smallest absolute Gasteiger partial charge is 0.244 e. The third-order valence-corrected chi connectivity index (χ3v) is 7.14. The summed E-state index contributed by atoms with van der Waals surface area (Å²) in [5.74, 6) is 0.745. The Morgan fingerprint density at radius 1 is 0.786 bits per heavy atom. The van der Waals surface area contributed by atoms with Gasteiger partial charge in [0.1, 0.15) is 4.90 Å². The second-order valence-electron chi connectivity index (χ2n) is 6.46. The van der Waals surface area contributed by atoms with Crippen LogP contribution in [0.15, 0.2) is 71.6 Å². The summed E-state index contributed by atoms with van der Waals surface area (Å²) >= 11 is 6.08. The zero-order valence-electron chi connectivity index (χ0n) is 15.1. The lowest BCUT2D eigenvalue weighted by molar-refractivity contribution is 0.383. The molecule has 8 heteroatoms. The van der Waals surface area contributed by atoms with Crippen molar-refractivity contribution in [3.05, 3.63) is 71.8 Å². The fourth-order valence-corrected chi connectivity index (χ4v) is 5.12. The molecule has 0 radical (unpaired) electrons. The first-order valence-electron chi connectivity index (χ1n) is 8.94. The highest BCUT2D eigenvalue weighted by molar-refractivity contribution is 7.89. The molecule has 2 aromatic carbocycles. The summed E-state index contributed by atoms with van der Waals surface area (Å²) in [5, 5.41) is 8.88. The summed E-state index contributed by atoms with van der Waals surface area (Å²) in [6, 6.07) is 20.2. The van der Waals surface area contributed by atoms with Crippen LogP contribution < -0.4 is 4.90 Å². The first-order valence-corrected chi connectivity index (χ1v) is 10.8. The summed E-state index contributed by atoms with van der Waals surface area (Å²) < 4.78 is 27.2. The number of anilines is 1. The second kappa shape index (κ2) is 7.87. The van der Waals surface area contributed by atoms with E-state index in [2.05, 4.69) is 10.2 Å². The molecule has 0 amide bonds. The number of hydrogen-bond acceptors (Lipinski definition) is 5. The van der Waals surface area contributed by atoms with Crippen molar-refractivity contribution in [2.24, 2.45) is 0 Å². The first kappa shape index (κ1) is 18.9. The van der Waals surface area contributed by atoms with Gasteiger partial charge in [0.05, 0.1) is 10.7 Å². The molecule has 2 heterocycles. The van der Waals surface area contributed by atoms with Gasteiger partial charge in [0.25, 0.3) is 0 Å². The van der Waals surface area contributed by atoms with Crippen LogP contribution in [0.1, 0.15) is 0 Å². The van der Waals surface area contributed by atoms with Gasteiger partial charge >= 0.3 is 0 Å². The first-order chi connectivity index (χ1) is 13.6. The van der Waals surface area contributed by atoms with E-state index < -0.39 is 10.0 Å². The third-order valence-electron chi connectivity index (χ3n) is 4.74. The van der Waals surface area contributed by atoms with Crippen LogP contribution in [-0.4, -0.2) is 49.1 Å². The van der Waals surface area contributed by atoms with Gasteiger partial charge in [-0.3, -0.25) is 0 Å². The van der Waals surface area contributed by atoms with Gasteiger partial charge in [-0.05, 0) is 24.3 Å². The molecule has 0 aliphatic carbocycles. The van der Waals surface area contributed by atoms with Gasteiger partial charge < -0.3 is 4.90 Å². The van der Waals surface area contributed by atoms with E-state index in [1.165, 1.54) is 10.4 Å². The van der Waals surface area contributed by atoms with Gasteiger partial charge in [0.2, 0.25) is 10.0 Å². The lowest BCUT2D eigenvalue weighted by Gasteiger charge is -2.34. The Labute approximate surface area is 169 Å². The fraction of sp³-hybridized carbons (Fsp3) is 0.200. The highest BCUT2D eigenvalue weighted by Crippen LogP contribution is 2.26. The van der Waals surface area contributed by atoms with E-state index >= 15 is 0 Å². The Morgan fingerprint density at radius 3 is 2.11 bits per heavy atom. The van der Waals surface area contributed by atoms with Crippen molar-refractivity contribution in [2.45, 2.75) is 4.90 Å². The van der Waals surface area contributed by atoms with Gasteiger partial charge in [0.15, 0.2) is 5.82 Å². The van der Waals surface area contributed by atoms with Gasteiger partial charge in [-0.2, -0.15) is 4.31 Å². The molecule has 28 heavy (non-hydrogen) atoms. The van der Waals surface area contributed by atoms with E-state index in [-0.39, 0.29) is 9.92 Å². The molecule has 0 bridgehead atoms. The predicted molar refractivity (Wildman–Crippen MR) is 110 cm³/mol. The number of hydrogen-bond donors (Lipinski definition) is 0. The standard InChI is InChI=1S/C20H19ClN4O2S/c21-17-8-4-5-9-19(17)28(26,27)25-14-12-24(13-15-25)20-11-10-18(22-23-20)16-6-2-1-3-7-16/h1-11H,12-15H2. The van der Waals surface area contributed by atoms with E-state index in [4.69, 9.17) is 11.6 Å². The molecule has 0 unspecified atom stereocenters. The molecule has 6 nitrogen and oxygen atoms in total. The maximum atomic E-state index is 12.8. The van der Waals surface area contributed by atoms with Crippen LogP contribution >= 0.6 is 11.6 Å². The Hall–Kier alpha value is -2.48. The Morgan fingerprint density at radius 2 is 1.46 bits per heavy atom. The second-order valence-corrected chi connectivity index (χ2v) is 8.78. The summed E-state index contributed by atoms with van der Waals surface area (Å²) in [6.07, 6.45) is 0. The molecule has 1 aromatic heterocycles. The molecule has 1 aliphatic rings. The number of aromatic nitrogens is 2. The third kappa shape index (κ3) is 3.73. The molecule has 0 spiro atoms. The Kier molecular flexibility index (Phi) is 5.30. The van der Waals surface area contributed by atoms with Crippen molar-refractivity contribution >= 4 is 27.4 Å². The summed E-state index contributed by atoms with van der Waals surface area (Å²) in [4.78, 5) is 2.19. The molecular weight excluding hydrogens is 396 g/mol. The van der Waals surface area contributed by atoms with Crippen LogP contribution in [-0.2, 0) is 10.0 Å². The molecule has 4 rings (SSSR count). The molecule has 1 fully saturated rings. The number of rotatable bonds is 4. The number of benzene rings is 2. The lowest BCUT2D eigenvalue weighted by Crippen LogP contribution is -2.49. The van der Waals surface area contributed by atoms with Gasteiger partial charge in [-0.1, -0.05) is 54.1 Å². The van der Waals surface area contributed by atoms with Crippen molar-refractivity contribution in [2.75, 3.05) is 31.1 Å². The van der Waals surface area contributed by atoms with Crippen molar-refractivity contribution in [1.82, 2.24) is 14.5 Å². The maximum Gasteiger partial charge on any atom is 0.244 e. The summed E-state index contributed by atoms with van der Waals surface area (Å²) in [7, 11) is -3.60. The molecule has 0 atom stereocenters. The highest BCUT2D eigenvalue weighted by Gasteiger charge is 2.30. The topological polar surface area (TPSA) is 66.4 Å². The van der Waals surface area contributed by atoms with Gasteiger partial charge in [-0.15, -0.1) is 10.2 Å². The van der Waals surface area contributed by atoms with Crippen LogP contribution in [0.4, 0.5) is 5.82 Å². The van der Waals surface area contributed by atoms with E-state index in [9.17, 15) is 8.42 Å². The average Bonchev–Trinajstić information content (AvgIpc) is 2.75. The monoisotopic (exact) mass is 414 g/mol. The molecule has 3 aromatic rings. The Bertz CT molecular complexity index is 1050. The van der Waals surface area contributed by atoms with Gasteiger partial charge in [-0.25, -0.2) is 8.42 Å². The zero-order valence-corrected chi connectivity index (χ0v) is 16.6. The van der Waals surface area contributed by atoms with Crippen molar-refractivity contribution in [1.29, 1.82) is 0 Å². The van der Waals surface area contributed by atoms with Crippen LogP contribution in [0.2, 0.25) is 5.02 Å². The van der Waals surface area contributed by atoms with E-state index in [1.807, 2.05) is 47.4 Å². The van der Waals surface area contributed by atoms with Crippen molar-refractivity contribution < 1.29 is 8.42 Å². The van der Waals surface area contributed by atoms with Crippen molar-refractivity contribution in [3.8, 4) is 11.3 Å². The van der Waals surface area contributed by atoms with Gasteiger partial charge in [0, 0.05) is 31.7 Å². The number of halogens is 1. The molecule has 0 N–H and O–H groups in total. The van der Waals surface area contributed by atoms with Crippen LogP contribution in [0.5, 0.6) is 0 Å². The normalized spacial score (nSPS) is 15.5. The Balaban J connectivity index is 1.45. The summed E-state index contributed by atoms with van der Waals surface area (Å²) in [5.41, 5.74) is 1.82. The minimum Gasteiger partial charge on any atom is -0.352 e. The predicted octanol–water partition coefficient (Wildman–Crippen LogP) is 3.31. The molecule has 144 valence electrons. The number of sulfonamides is 1. The highest BCUT2D eigenvalue weighted by atomic mass is 35.5. The van der Waals surface area contributed by atoms with E-state index in [0.29, 0.717) is 26.2 Å². The number of piperazine rings is 1. The summed E-state index contributed by atoms with van der Waals surface area (Å²) in [6.45, 7) is 1.83. The number of nitrogens with zero attached hydrogens (tertiary/aromatic N) is 4. The molecule has 0 saturated carbocycles. The average molecular weight is 415 g/mol. The zero-order chi connectivity index (χ0) is 19.6. The largest absolute Gasteiger partial charge is 0.352 e. The van der Waals surface area contributed by atoms with Crippen LogP contribution in [0.3, 0.4) is 0 Å². The SMILES string of the molecule is O=S(=O)(c1ccccc1Cl)N1CCN(c2ccc(-c3ccccc3)nn2)CC1. The van der Waals surface area contributed by atoms with E-state index in [1.54, 1.807) is 18.2 Å². The van der Waals surface area contributed by atoms with Crippen molar-refractivity contribution in [3.63, 3.8) is 0 Å². The van der Waals surface area contributed by atoms with E-state index in [0.717, 1.165) is 17.1 Å². The minimum absolute atomic E-state index is 0.150. The minimum atomic E-state index is -3.60. The molecule has 1 saturated heterocycles. The quantitative estimate of drug-likeness (QED) is 0.655. The van der Waals surface area contributed by atoms with Crippen LogP contribution in [0.25, 0.3) is 11.3 Å². The maximum absolute atomic E-state index is 12.8. The fourth-order valence-electron chi connectivity index (χ4n) is 3.21. The molecular formula is C20H19ClN4O2S. The lowest BCUT2D eigenvalue weighted by atomic mass is 10.1.